The van der Waals surface area contributed by atoms with Crippen LogP contribution in [0.15, 0.2) is 0 Å². The predicted octanol–water partition coefficient (Wildman–Crippen LogP) is 1.08. The summed E-state index contributed by atoms with van der Waals surface area (Å²) in [4.78, 5) is 16.8. The van der Waals surface area contributed by atoms with Crippen molar-refractivity contribution in [1.82, 2.24) is 5.06 Å². The molecule has 0 aromatic rings. The van der Waals surface area contributed by atoms with Crippen molar-refractivity contribution >= 4 is 5.91 Å². The summed E-state index contributed by atoms with van der Waals surface area (Å²) in [5, 5.41) is 1.23. The molecule has 92 valence electrons. The van der Waals surface area contributed by atoms with Crippen LogP contribution in [0.1, 0.15) is 32.1 Å². The highest BCUT2D eigenvalue weighted by molar-refractivity contribution is 5.87. The van der Waals surface area contributed by atoms with Crippen LogP contribution in [-0.2, 0) is 19.1 Å². The molecule has 1 heterocycles. The summed E-state index contributed by atoms with van der Waals surface area (Å²) in [5.74, 6) is -0.107. The van der Waals surface area contributed by atoms with Gasteiger partial charge in [-0.15, -0.1) is 0 Å². The van der Waals surface area contributed by atoms with Crippen molar-refractivity contribution in [1.29, 1.82) is 0 Å². The maximum absolute atomic E-state index is 12.0. The second kappa shape index (κ2) is 4.69. The van der Waals surface area contributed by atoms with Gasteiger partial charge in [-0.05, 0) is 32.1 Å². The van der Waals surface area contributed by atoms with Crippen LogP contribution in [-0.4, -0.2) is 43.6 Å². The molecule has 1 atom stereocenters. The van der Waals surface area contributed by atoms with E-state index in [1.165, 1.54) is 12.2 Å². The Hall–Kier alpha value is -0.650. The third kappa shape index (κ3) is 2.36. The lowest BCUT2D eigenvalue weighted by molar-refractivity contribution is -0.220. The summed E-state index contributed by atoms with van der Waals surface area (Å²) < 4.78 is 11.3. The lowest BCUT2D eigenvalue weighted by Gasteiger charge is -2.28. The molecule has 5 heteroatoms. The highest BCUT2D eigenvalue weighted by Gasteiger charge is 2.54. The highest BCUT2D eigenvalue weighted by Crippen LogP contribution is 2.43. The fourth-order valence-electron chi connectivity index (χ4n) is 1.92. The third-order valence-electron chi connectivity index (χ3n) is 3.15. The number of hydrogen-bond acceptors (Lipinski definition) is 4. The Labute approximate surface area is 95.6 Å². The maximum atomic E-state index is 12.0. The first-order valence-corrected chi connectivity index (χ1v) is 5.80. The molecule has 0 spiro atoms. The number of carbonyl (C=O) groups is 1. The minimum absolute atomic E-state index is 0.107. The smallest absolute Gasteiger partial charge is 0.278 e. The predicted molar refractivity (Wildman–Crippen MR) is 56.4 cm³/mol. The molecule has 5 nitrogen and oxygen atoms in total. The molecule has 1 aliphatic carbocycles. The first-order valence-electron chi connectivity index (χ1n) is 5.80. The fourth-order valence-corrected chi connectivity index (χ4v) is 1.92. The molecular formula is C11H19NO4. The molecule has 0 bridgehead atoms. The van der Waals surface area contributed by atoms with Gasteiger partial charge in [0.05, 0.1) is 7.11 Å². The van der Waals surface area contributed by atoms with Crippen LogP contribution in [0.5, 0.6) is 0 Å². The van der Waals surface area contributed by atoms with Gasteiger partial charge < -0.3 is 9.47 Å². The fraction of sp³-hybridized carbons (Fsp3) is 0.909. The van der Waals surface area contributed by atoms with E-state index in [4.69, 9.17) is 14.3 Å². The van der Waals surface area contributed by atoms with Crippen molar-refractivity contribution in [2.45, 2.75) is 44.0 Å². The number of rotatable bonds is 4. The van der Waals surface area contributed by atoms with Gasteiger partial charge in [-0.25, -0.2) is 5.06 Å². The largest absolute Gasteiger partial charge is 0.353 e. The first-order chi connectivity index (χ1) is 7.68. The molecule has 1 unspecified atom stereocenters. The van der Waals surface area contributed by atoms with E-state index in [2.05, 4.69) is 0 Å². The van der Waals surface area contributed by atoms with Gasteiger partial charge >= 0.3 is 0 Å². The Kier molecular flexibility index (Phi) is 3.47. The van der Waals surface area contributed by atoms with Gasteiger partial charge in [-0.1, -0.05) is 0 Å². The number of carbonyl (C=O) groups excluding carboxylic acids is 1. The van der Waals surface area contributed by atoms with Crippen molar-refractivity contribution in [3.05, 3.63) is 0 Å². The van der Waals surface area contributed by atoms with Crippen molar-refractivity contribution in [3.8, 4) is 0 Å². The minimum Gasteiger partial charge on any atom is -0.353 e. The monoisotopic (exact) mass is 229 g/mol. The number of nitrogens with zero attached hydrogens (tertiary/aromatic N) is 1. The van der Waals surface area contributed by atoms with Crippen LogP contribution in [0.3, 0.4) is 0 Å². The van der Waals surface area contributed by atoms with E-state index in [0.717, 1.165) is 38.7 Å². The molecule has 0 aromatic carbocycles. The van der Waals surface area contributed by atoms with Gasteiger partial charge in [-0.3, -0.25) is 9.63 Å². The SMILES string of the molecule is CON(C)C(=O)C1(OC2CCCCO2)CC1. The normalized spacial score (nSPS) is 27.5. The molecule has 1 saturated carbocycles. The van der Waals surface area contributed by atoms with Gasteiger partial charge in [0.2, 0.25) is 0 Å². The Morgan fingerprint density at radius 3 is 2.69 bits per heavy atom. The molecular weight excluding hydrogens is 210 g/mol. The number of ether oxygens (including phenoxy) is 2. The van der Waals surface area contributed by atoms with Crippen molar-refractivity contribution in [2.24, 2.45) is 0 Å². The van der Waals surface area contributed by atoms with Crippen LogP contribution in [0.2, 0.25) is 0 Å². The topological polar surface area (TPSA) is 48.0 Å². The maximum Gasteiger partial charge on any atom is 0.278 e. The Morgan fingerprint density at radius 1 is 1.44 bits per heavy atom. The average Bonchev–Trinajstić information content (AvgIpc) is 3.09. The summed E-state index contributed by atoms with van der Waals surface area (Å²) >= 11 is 0. The quantitative estimate of drug-likeness (QED) is 0.677. The second-order valence-electron chi connectivity index (χ2n) is 4.39. The molecule has 2 aliphatic rings. The summed E-state index contributed by atoms with van der Waals surface area (Å²) in [6.07, 6.45) is 4.38. The van der Waals surface area contributed by atoms with Crippen molar-refractivity contribution < 1.29 is 19.1 Å². The molecule has 16 heavy (non-hydrogen) atoms. The van der Waals surface area contributed by atoms with Gasteiger partial charge in [0, 0.05) is 13.7 Å². The number of likely N-dealkylation sites (N-methyl/N-ethyl adjacent to an activating group) is 1. The van der Waals surface area contributed by atoms with E-state index in [1.807, 2.05) is 0 Å². The number of hydroxylamine groups is 2. The molecule has 0 radical (unpaired) electrons. The highest BCUT2D eigenvalue weighted by atomic mass is 16.7. The van der Waals surface area contributed by atoms with E-state index in [9.17, 15) is 4.79 Å². The summed E-state index contributed by atoms with van der Waals surface area (Å²) in [6, 6.07) is 0. The molecule has 1 saturated heterocycles. The molecule has 0 N–H and O–H groups in total. The Bertz CT molecular complexity index is 259. The number of amides is 1. The third-order valence-corrected chi connectivity index (χ3v) is 3.15. The molecule has 2 rings (SSSR count). The zero-order valence-corrected chi connectivity index (χ0v) is 9.90. The summed E-state index contributed by atoms with van der Waals surface area (Å²) in [7, 11) is 3.08. The number of hydrogen-bond donors (Lipinski definition) is 0. The Balaban J connectivity index is 1.89. The standard InChI is InChI=1S/C11H19NO4/c1-12(14-2)10(13)11(6-7-11)16-9-5-3-4-8-15-9/h9H,3-8H2,1-2H3. The summed E-state index contributed by atoms with van der Waals surface area (Å²) in [5.41, 5.74) is -0.674. The van der Waals surface area contributed by atoms with Crippen molar-refractivity contribution in [3.63, 3.8) is 0 Å². The Morgan fingerprint density at radius 2 is 2.19 bits per heavy atom. The lowest BCUT2D eigenvalue weighted by atomic mass is 10.2. The average molecular weight is 229 g/mol. The van der Waals surface area contributed by atoms with Gasteiger partial charge in [0.15, 0.2) is 11.9 Å². The molecule has 2 fully saturated rings. The zero-order valence-electron chi connectivity index (χ0n) is 9.90. The van der Waals surface area contributed by atoms with Gasteiger partial charge in [-0.2, -0.15) is 0 Å². The molecule has 0 aromatic heterocycles. The van der Waals surface area contributed by atoms with E-state index in [-0.39, 0.29) is 12.2 Å². The van der Waals surface area contributed by atoms with E-state index in [1.54, 1.807) is 7.05 Å². The van der Waals surface area contributed by atoms with Crippen LogP contribution in [0, 0.1) is 0 Å². The van der Waals surface area contributed by atoms with Gasteiger partial charge in [0.1, 0.15) is 0 Å². The van der Waals surface area contributed by atoms with E-state index < -0.39 is 5.60 Å². The van der Waals surface area contributed by atoms with Crippen LogP contribution in [0.25, 0.3) is 0 Å². The van der Waals surface area contributed by atoms with E-state index in [0.29, 0.717) is 0 Å². The zero-order chi connectivity index (χ0) is 11.6. The lowest BCUT2D eigenvalue weighted by Crippen LogP contribution is -2.42. The first kappa shape index (κ1) is 11.8. The second-order valence-corrected chi connectivity index (χ2v) is 4.39. The van der Waals surface area contributed by atoms with E-state index >= 15 is 0 Å². The van der Waals surface area contributed by atoms with Crippen LogP contribution < -0.4 is 0 Å². The van der Waals surface area contributed by atoms with Crippen LogP contribution >= 0.6 is 0 Å². The molecule has 1 amide bonds. The summed E-state index contributed by atoms with van der Waals surface area (Å²) in [6.45, 7) is 0.731. The van der Waals surface area contributed by atoms with Crippen molar-refractivity contribution in [2.75, 3.05) is 20.8 Å². The van der Waals surface area contributed by atoms with Crippen LogP contribution in [0.4, 0.5) is 0 Å². The minimum atomic E-state index is -0.674. The molecule has 1 aliphatic heterocycles. The van der Waals surface area contributed by atoms with Gasteiger partial charge in [0.25, 0.3) is 5.91 Å².